The first kappa shape index (κ1) is 12.4. The highest BCUT2D eigenvalue weighted by Gasteiger charge is 2.25. The molecule has 0 aliphatic carbocycles. The Hall–Kier alpha value is -1.66. The van der Waals surface area contributed by atoms with Crippen LogP contribution >= 0.6 is 0 Å². The Morgan fingerprint density at radius 2 is 1.84 bits per heavy atom. The van der Waals surface area contributed by atoms with Gasteiger partial charge in [0.1, 0.15) is 0 Å². The van der Waals surface area contributed by atoms with Crippen LogP contribution in [0.25, 0.3) is 10.9 Å². The minimum Gasteiger partial charge on any atom is -0.269 e. The molecule has 1 saturated heterocycles. The second kappa shape index (κ2) is 4.79. The van der Waals surface area contributed by atoms with Gasteiger partial charge in [0.05, 0.1) is 11.2 Å². The fourth-order valence-electron chi connectivity index (χ4n) is 2.32. The molecule has 0 spiro atoms. The molecule has 0 atom stereocenters. The van der Waals surface area contributed by atoms with E-state index in [1.54, 1.807) is 12.3 Å². The molecule has 1 aromatic carbocycles. The van der Waals surface area contributed by atoms with E-state index >= 15 is 0 Å². The Morgan fingerprint density at radius 1 is 1.11 bits per heavy atom. The first-order valence-electron chi connectivity index (χ1n) is 6.28. The lowest BCUT2D eigenvalue weighted by molar-refractivity contribution is 0.482. The molecule has 1 N–H and O–H groups in total. The summed E-state index contributed by atoms with van der Waals surface area (Å²) in [6, 6.07) is 9.22. The summed E-state index contributed by atoms with van der Waals surface area (Å²) in [5.41, 5.74) is 1.21. The molecule has 0 bridgehead atoms. The van der Waals surface area contributed by atoms with E-state index in [-0.39, 0.29) is 0 Å². The van der Waals surface area contributed by atoms with Crippen molar-refractivity contribution in [3.05, 3.63) is 36.5 Å². The zero-order chi connectivity index (χ0) is 13.3. The van der Waals surface area contributed by atoms with Gasteiger partial charge >= 0.3 is 10.2 Å². The van der Waals surface area contributed by atoms with E-state index in [9.17, 15) is 8.42 Å². The number of anilines is 1. The molecule has 0 amide bonds. The number of benzene rings is 1. The summed E-state index contributed by atoms with van der Waals surface area (Å²) < 4.78 is 28.6. The molecule has 1 fully saturated rings. The van der Waals surface area contributed by atoms with E-state index < -0.39 is 10.2 Å². The first-order valence-corrected chi connectivity index (χ1v) is 7.72. The standard InChI is InChI=1S/C13H15N3O2S/c17-19(18,16-9-1-2-10-16)15-12-7-3-5-11-6-4-8-14-13(11)12/h3-8,15H,1-2,9-10H2. The van der Waals surface area contributed by atoms with Crippen molar-refractivity contribution in [1.82, 2.24) is 9.29 Å². The Kier molecular flexibility index (Phi) is 3.12. The third-order valence-electron chi connectivity index (χ3n) is 3.28. The van der Waals surface area contributed by atoms with Gasteiger partial charge in [-0.05, 0) is 25.0 Å². The average molecular weight is 277 g/mol. The van der Waals surface area contributed by atoms with Crippen molar-refractivity contribution in [2.45, 2.75) is 12.8 Å². The Morgan fingerprint density at radius 3 is 2.63 bits per heavy atom. The molecule has 100 valence electrons. The fourth-order valence-corrected chi connectivity index (χ4v) is 3.63. The topological polar surface area (TPSA) is 62.3 Å². The van der Waals surface area contributed by atoms with Crippen LogP contribution in [0.5, 0.6) is 0 Å². The summed E-state index contributed by atoms with van der Waals surface area (Å²) in [5, 5.41) is 0.920. The highest BCUT2D eigenvalue weighted by molar-refractivity contribution is 7.90. The molecule has 6 heteroatoms. The summed E-state index contributed by atoms with van der Waals surface area (Å²) in [4.78, 5) is 4.25. The second-order valence-electron chi connectivity index (χ2n) is 4.59. The van der Waals surface area contributed by atoms with E-state index in [0.717, 1.165) is 18.2 Å². The minimum atomic E-state index is -3.46. The van der Waals surface area contributed by atoms with Crippen molar-refractivity contribution in [2.75, 3.05) is 17.8 Å². The fraction of sp³-hybridized carbons (Fsp3) is 0.308. The predicted molar refractivity (Wildman–Crippen MR) is 75.1 cm³/mol. The van der Waals surface area contributed by atoms with Crippen LogP contribution in [-0.4, -0.2) is 30.8 Å². The second-order valence-corrected chi connectivity index (χ2v) is 6.26. The van der Waals surface area contributed by atoms with Crippen LogP contribution in [-0.2, 0) is 10.2 Å². The molecule has 5 nitrogen and oxygen atoms in total. The summed E-state index contributed by atoms with van der Waals surface area (Å²) in [6.45, 7) is 1.18. The normalized spacial score (nSPS) is 16.8. The van der Waals surface area contributed by atoms with Gasteiger partial charge < -0.3 is 0 Å². The number of pyridine rings is 1. The largest absolute Gasteiger partial charge is 0.301 e. The smallest absolute Gasteiger partial charge is 0.269 e. The summed E-state index contributed by atoms with van der Waals surface area (Å²) in [6.07, 6.45) is 3.51. The number of hydrogen-bond acceptors (Lipinski definition) is 3. The Balaban J connectivity index is 1.97. The number of fused-ring (bicyclic) bond motifs is 1. The number of hydrogen-bond donors (Lipinski definition) is 1. The van der Waals surface area contributed by atoms with Gasteiger partial charge in [-0.1, -0.05) is 18.2 Å². The highest BCUT2D eigenvalue weighted by Crippen LogP contribution is 2.23. The molecule has 2 aromatic rings. The third-order valence-corrected chi connectivity index (χ3v) is 4.80. The van der Waals surface area contributed by atoms with Gasteiger partial charge in [-0.2, -0.15) is 12.7 Å². The molecule has 0 saturated carbocycles. The van der Waals surface area contributed by atoms with Crippen molar-refractivity contribution in [3.63, 3.8) is 0 Å². The van der Waals surface area contributed by atoms with Crippen LogP contribution in [0, 0.1) is 0 Å². The third kappa shape index (κ3) is 2.41. The number of aromatic nitrogens is 1. The minimum absolute atomic E-state index is 0.532. The molecular weight excluding hydrogens is 262 g/mol. The quantitative estimate of drug-likeness (QED) is 0.933. The van der Waals surface area contributed by atoms with Crippen molar-refractivity contribution >= 4 is 26.8 Å². The Labute approximate surface area is 112 Å². The maximum Gasteiger partial charge on any atom is 0.301 e. The molecule has 1 aliphatic rings. The number of nitrogens with one attached hydrogen (secondary N) is 1. The van der Waals surface area contributed by atoms with E-state index in [1.807, 2.05) is 24.3 Å². The molecule has 0 unspecified atom stereocenters. The number of rotatable bonds is 3. The summed E-state index contributed by atoms with van der Waals surface area (Å²) >= 11 is 0. The van der Waals surface area contributed by atoms with Gasteiger partial charge in [0, 0.05) is 24.7 Å². The van der Waals surface area contributed by atoms with Gasteiger partial charge in [0.25, 0.3) is 0 Å². The van der Waals surface area contributed by atoms with E-state index in [1.165, 1.54) is 4.31 Å². The number of nitrogens with zero attached hydrogens (tertiary/aromatic N) is 2. The first-order chi connectivity index (χ1) is 9.17. The van der Waals surface area contributed by atoms with Gasteiger partial charge in [0.2, 0.25) is 0 Å². The molecular formula is C13H15N3O2S. The molecule has 1 aromatic heterocycles. The monoisotopic (exact) mass is 277 g/mol. The lowest BCUT2D eigenvalue weighted by Gasteiger charge is -2.17. The molecule has 1 aliphatic heterocycles. The van der Waals surface area contributed by atoms with E-state index in [4.69, 9.17) is 0 Å². The lowest BCUT2D eigenvalue weighted by Crippen LogP contribution is -2.33. The van der Waals surface area contributed by atoms with E-state index in [2.05, 4.69) is 9.71 Å². The van der Waals surface area contributed by atoms with Crippen LogP contribution in [0.15, 0.2) is 36.5 Å². The molecule has 19 heavy (non-hydrogen) atoms. The van der Waals surface area contributed by atoms with Crippen molar-refractivity contribution in [3.8, 4) is 0 Å². The number of para-hydroxylation sites is 1. The van der Waals surface area contributed by atoms with Crippen LogP contribution in [0.1, 0.15) is 12.8 Å². The van der Waals surface area contributed by atoms with Crippen LogP contribution in [0.3, 0.4) is 0 Å². The molecule has 3 rings (SSSR count). The predicted octanol–water partition coefficient (Wildman–Crippen LogP) is 1.99. The lowest BCUT2D eigenvalue weighted by atomic mass is 10.2. The summed E-state index contributed by atoms with van der Waals surface area (Å²) in [7, 11) is -3.46. The SMILES string of the molecule is O=S(=O)(Nc1cccc2cccnc12)N1CCCC1. The van der Waals surface area contributed by atoms with Gasteiger partial charge in [-0.3, -0.25) is 9.71 Å². The van der Waals surface area contributed by atoms with Crippen LogP contribution in [0.2, 0.25) is 0 Å². The van der Waals surface area contributed by atoms with Gasteiger partial charge in [-0.25, -0.2) is 0 Å². The average Bonchev–Trinajstić information content (AvgIpc) is 2.93. The van der Waals surface area contributed by atoms with Crippen molar-refractivity contribution in [1.29, 1.82) is 0 Å². The maximum atomic E-state index is 12.2. The maximum absolute atomic E-state index is 12.2. The van der Waals surface area contributed by atoms with Gasteiger partial charge in [0.15, 0.2) is 0 Å². The molecule has 2 heterocycles. The van der Waals surface area contributed by atoms with Gasteiger partial charge in [-0.15, -0.1) is 0 Å². The van der Waals surface area contributed by atoms with E-state index in [0.29, 0.717) is 24.3 Å². The van der Waals surface area contributed by atoms with Crippen LogP contribution in [0.4, 0.5) is 5.69 Å². The highest BCUT2D eigenvalue weighted by atomic mass is 32.2. The zero-order valence-electron chi connectivity index (χ0n) is 10.4. The summed E-state index contributed by atoms with van der Waals surface area (Å²) in [5.74, 6) is 0. The van der Waals surface area contributed by atoms with Crippen LogP contribution < -0.4 is 4.72 Å². The molecule has 0 radical (unpaired) electrons. The van der Waals surface area contributed by atoms with Crippen molar-refractivity contribution in [2.24, 2.45) is 0 Å². The Bertz CT molecular complexity index is 689. The van der Waals surface area contributed by atoms with Crippen molar-refractivity contribution < 1.29 is 8.42 Å². The zero-order valence-corrected chi connectivity index (χ0v) is 11.2.